The highest BCUT2D eigenvalue weighted by Crippen LogP contribution is 2.29. The van der Waals surface area contributed by atoms with Crippen molar-refractivity contribution in [1.82, 2.24) is 20.1 Å². The van der Waals surface area contributed by atoms with Crippen molar-refractivity contribution in [3.63, 3.8) is 0 Å². The van der Waals surface area contributed by atoms with E-state index in [-0.39, 0.29) is 5.91 Å². The highest BCUT2D eigenvalue weighted by atomic mass is 35.5. The molecule has 7 nitrogen and oxygen atoms in total. The first kappa shape index (κ1) is 18.0. The maximum absolute atomic E-state index is 12.8. The molecule has 3 heterocycles. The van der Waals surface area contributed by atoms with Crippen molar-refractivity contribution in [3.05, 3.63) is 46.5 Å². The molecule has 8 heteroatoms. The zero-order chi connectivity index (χ0) is 18.9. The van der Waals surface area contributed by atoms with Crippen molar-refractivity contribution in [3.8, 4) is 0 Å². The monoisotopic (exact) mass is 387 g/mol. The van der Waals surface area contributed by atoms with E-state index in [1.54, 1.807) is 13.0 Å². The first-order valence-electron chi connectivity index (χ1n) is 9.26. The number of aromatic nitrogens is 3. The van der Waals surface area contributed by atoms with E-state index < -0.39 is 5.60 Å². The summed E-state index contributed by atoms with van der Waals surface area (Å²) in [4.78, 5) is 18.3. The molecular formula is C19H22ClN5O2. The summed E-state index contributed by atoms with van der Waals surface area (Å²) in [5, 5.41) is 16.1. The molecule has 2 aliphatic heterocycles. The molecule has 0 aliphatic carbocycles. The topological polar surface area (TPSA) is 81.4 Å². The molecule has 4 rings (SSSR count). The Labute approximate surface area is 162 Å². The second-order valence-corrected chi connectivity index (χ2v) is 7.60. The van der Waals surface area contributed by atoms with Gasteiger partial charge in [0, 0.05) is 30.0 Å². The van der Waals surface area contributed by atoms with Gasteiger partial charge < -0.3 is 14.7 Å². The Hall–Kier alpha value is -2.41. The number of carbonyl (C=O) groups excluding carboxylic acids is 1. The molecule has 0 unspecified atom stereocenters. The molecule has 1 N–H and O–H groups in total. The van der Waals surface area contributed by atoms with Crippen molar-refractivity contribution in [2.24, 2.45) is 5.16 Å². The van der Waals surface area contributed by atoms with E-state index in [0.717, 1.165) is 43.0 Å². The van der Waals surface area contributed by atoms with Gasteiger partial charge in [-0.2, -0.15) is 0 Å². The Morgan fingerprint density at radius 2 is 2.15 bits per heavy atom. The van der Waals surface area contributed by atoms with Gasteiger partial charge in [0.05, 0.1) is 12.3 Å². The van der Waals surface area contributed by atoms with Crippen LogP contribution < -0.4 is 5.32 Å². The SMILES string of the molecule is C[C@]1(C(=O)NCc2nnc3n2CCCCC3)CC(c2ccccc2Cl)=NO1. The Kier molecular flexibility index (Phi) is 4.86. The summed E-state index contributed by atoms with van der Waals surface area (Å²) in [6.45, 7) is 2.97. The molecule has 0 spiro atoms. The van der Waals surface area contributed by atoms with Crippen LogP contribution in [-0.4, -0.2) is 32.0 Å². The largest absolute Gasteiger partial charge is 0.379 e. The standard InChI is InChI=1S/C19H22ClN5O2/c1-19(11-15(24-27-19)13-7-4-5-8-14(13)20)18(26)21-12-17-23-22-16-9-3-2-6-10-25(16)17/h4-5,7-8H,2-3,6,9-12H2,1H3,(H,21,26)/t19-/m1/s1. The number of halogens is 1. The van der Waals surface area contributed by atoms with Crippen LogP contribution in [0.1, 0.15) is 49.8 Å². The molecule has 0 saturated heterocycles. The summed E-state index contributed by atoms with van der Waals surface area (Å²) in [6, 6.07) is 7.41. The van der Waals surface area contributed by atoms with Gasteiger partial charge in [-0.05, 0) is 25.8 Å². The van der Waals surface area contributed by atoms with Gasteiger partial charge in [-0.15, -0.1) is 10.2 Å². The van der Waals surface area contributed by atoms with Crippen LogP contribution in [0.5, 0.6) is 0 Å². The number of hydrogen-bond acceptors (Lipinski definition) is 5. The maximum atomic E-state index is 12.8. The molecule has 27 heavy (non-hydrogen) atoms. The highest BCUT2D eigenvalue weighted by Gasteiger charge is 2.42. The number of nitrogens with zero attached hydrogens (tertiary/aromatic N) is 4. The molecule has 0 bridgehead atoms. The molecule has 0 radical (unpaired) electrons. The fourth-order valence-electron chi connectivity index (χ4n) is 3.52. The van der Waals surface area contributed by atoms with Gasteiger partial charge in [0.2, 0.25) is 5.60 Å². The number of hydrogen-bond donors (Lipinski definition) is 1. The van der Waals surface area contributed by atoms with E-state index in [9.17, 15) is 4.79 Å². The minimum Gasteiger partial charge on any atom is -0.379 e. The number of oxime groups is 1. The summed E-state index contributed by atoms with van der Waals surface area (Å²) in [6.07, 6.45) is 4.75. The van der Waals surface area contributed by atoms with Gasteiger partial charge in [-0.1, -0.05) is 41.4 Å². The normalized spacial score (nSPS) is 21.8. The van der Waals surface area contributed by atoms with Crippen molar-refractivity contribution < 1.29 is 9.63 Å². The van der Waals surface area contributed by atoms with E-state index in [1.807, 2.05) is 18.2 Å². The van der Waals surface area contributed by atoms with Crippen molar-refractivity contribution >= 4 is 23.2 Å². The minimum atomic E-state index is -1.06. The molecule has 1 amide bonds. The molecule has 1 aromatic carbocycles. The van der Waals surface area contributed by atoms with Crippen molar-refractivity contribution in [2.45, 2.75) is 57.7 Å². The lowest BCUT2D eigenvalue weighted by Gasteiger charge is -2.20. The average Bonchev–Trinajstić information content (AvgIpc) is 3.16. The first-order valence-corrected chi connectivity index (χ1v) is 9.64. The van der Waals surface area contributed by atoms with Crippen LogP contribution in [-0.2, 0) is 29.1 Å². The molecule has 1 atom stereocenters. The second kappa shape index (κ2) is 7.31. The molecule has 1 aromatic heterocycles. The van der Waals surface area contributed by atoms with Gasteiger partial charge in [-0.25, -0.2) is 0 Å². The van der Waals surface area contributed by atoms with Crippen LogP contribution in [0, 0.1) is 0 Å². The van der Waals surface area contributed by atoms with Gasteiger partial charge in [0.25, 0.3) is 5.91 Å². The fourth-order valence-corrected chi connectivity index (χ4v) is 3.77. The Balaban J connectivity index is 1.41. The lowest BCUT2D eigenvalue weighted by atomic mass is 9.95. The molecular weight excluding hydrogens is 366 g/mol. The van der Waals surface area contributed by atoms with Gasteiger partial charge >= 0.3 is 0 Å². The summed E-state index contributed by atoms with van der Waals surface area (Å²) >= 11 is 6.23. The lowest BCUT2D eigenvalue weighted by Crippen LogP contribution is -2.44. The molecule has 0 fully saturated rings. The minimum absolute atomic E-state index is 0.223. The van der Waals surface area contributed by atoms with Crippen LogP contribution >= 0.6 is 11.6 Å². The third-order valence-corrected chi connectivity index (χ3v) is 5.45. The van der Waals surface area contributed by atoms with Crippen LogP contribution in [0.3, 0.4) is 0 Å². The number of amides is 1. The Morgan fingerprint density at radius 3 is 3.00 bits per heavy atom. The number of aryl methyl sites for hydroxylation is 1. The predicted octanol–water partition coefficient (Wildman–Crippen LogP) is 2.86. The lowest BCUT2D eigenvalue weighted by molar-refractivity contribution is -0.141. The van der Waals surface area contributed by atoms with E-state index in [2.05, 4.69) is 25.2 Å². The third-order valence-electron chi connectivity index (χ3n) is 5.12. The number of carbonyl (C=O) groups is 1. The Bertz CT molecular complexity index is 894. The van der Waals surface area contributed by atoms with Crippen LogP contribution in [0.15, 0.2) is 29.4 Å². The molecule has 2 aromatic rings. The quantitative estimate of drug-likeness (QED) is 0.874. The van der Waals surface area contributed by atoms with E-state index in [4.69, 9.17) is 16.4 Å². The van der Waals surface area contributed by atoms with Gasteiger partial charge in [0.1, 0.15) is 5.82 Å². The van der Waals surface area contributed by atoms with Crippen molar-refractivity contribution in [1.29, 1.82) is 0 Å². The number of fused-ring (bicyclic) bond motifs is 1. The predicted molar refractivity (Wildman–Crippen MR) is 102 cm³/mol. The summed E-state index contributed by atoms with van der Waals surface area (Å²) in [5.74, 6) is 1.57. The zero-order valence-corrected chi connectivity index (χ0v) is 16.0. The average molecular weight is 388 g/mol. The number of rotatable bonds is 4. The molecule has 0 saturated carbocycles. The summed E-state index contributed by atoms with van der Waals surface area (Å²) < 4.78 is 2.12. The molecule has 142 valence electrons. The van der Waals surface area contributed by atoms with Gasteiger partial charge in [-0.3, -0.25) is 4.79 Å². The zero-order valence-electron chi connectivity index (χ0n) is 15.2. The Morgan fingerprint density at radius 1 is 1.30 bits per heavy atom. The number of benzene rings is 1. The smallest absolute Gasteiger partial charge is 0.267 e. The van der Waals surface area contributed by atoms with E-state index in [0.29, 0.717) is 23.7 Å². The first-order chi connectivity index (χ1) is 13.1. The van der Waals surface area contributed by atoms with E-state index >= 15 is 0 Å². The van der Waals surface area contributed by atoms with E-state index in [1.165, 1.54) is 6.42 Å². The fraction of sp³-hybridized carbons (Fsp3) is 0.474. The summed E-state index contributed by atoms with van der Waals surface area (Å²) in [7, 11) is 0. The van der Waals surface area contributed by atoms with Crippen LogP contribution in [0.25, 0.3) is 0 Å². The van der Waals surface area contributed by atoms with Gasteiger partial charge in [0.15, 0.2) is 5.82 Å². The molecule has 2 aliphatic rings. The van der Waals surface area contributed by atoms with Crippen LogP contribution in [0.2, 0.25) is 5.02 Å². The van der Waals surface area contributed by atoms with Crippen LogP contribution in [0.4, 0.5) is 0 Å². The number of nitrogens with one attached hydrogen (secondary N) is 1. The highest BCUT2D eigenvalue weighted by molar-refractivity contribution is 6.34. The third kappa shape index (κ3) is 3.56. The maximum Gasteiger partial charge on any atom is 0.267 e. The second-order valence-electron chi connectivity index (χ2n) is 7.19. The van der Waals surface area contributed by atoms with Crippen molar-refractivity contribution in [2.75, 3.05) is 0 Å². The summed E-state index contributed by atoms with van der Waals surface area (Å²) in [5.41, 5.74) is 0.406.